The van der Waals surface area contributed by atoms with E-state index in [-0.39, 0.29) is 17.9 Å². The molecular weight excluding hydrogens is 274 g/mol. The highest BCUT2D eigenvalue weighted by Gasteiger charge is 2.08. The number of nitrogens with zero attached hydrogens (tertiary/aromatic N) is 4. The van der Waals surface area contributed by atoms with Crippen LogP contribution in [0.1, 0.15) is 29.4 Å². The van der Waals surface area contributed by atoms with Gasteiger partial charge >= 0.3 is 5.97 Å². The van der Waals surface area contributed by atoms with Crippen LogP contribution in [0.5, 0.6) is 0 Å². The standard InChI is InChI=1S/C13H17N5O3/c1-2-18-11(3-5-15-18)8-14-12(19)4-6-17-9-10(7-16-17)13(20)21/h3,5,7,9H,2,4,6,8H2,1H3,(H,14,19)(H,20,21). The zero-order valence-electron chi connectivity index (χ0n) is 11.7. The van der Waals surface area contributed by atoms with Gasteiger partial charge in [-0.05, 0) is 13.0 Å². The second-order valence-electron chi connectivity index (χ2n) is 4.46. The topological polar surface area (TPSA) is 102 Å². The molecule has 0 aliphatic carbocycles. The van der Waals surface area contributed by atoms with E-state index in [0.29, 0.717) is 13.1 Å². The van der Waals surface area contributed by atoms with Crippen LogP contribution >= 0.6 is 0 Å². The van der Waals surface area contributed by atoms with Crippen LogP contribution in [-0.2, 0) is 24.4 Å². The highest BCUT2D eigenvalue weighted by atomic mass is 16.4. The molecule has 0 saturated heterocycles. The van der Waals surface area contributed by atoms with Crippen molar-refractivity contribution in [3.05, 3.63) is 35.9 Å². The Morgan fingerprint density at radius 2 is 2.19 bits per heavy atom. The molecule has 0 fully saturated rings. The third-order valence-electron chi connectivity index (χ3n) is 3.02. The summed E-state index contributed by atoms with van der Waals surface area (Å²) in [5.41, 5.74) is 1.06. The largest absolute Gasteiger partial charge is 0.478 e. The van der Waals surface area contributed by atoms with E-state index in [1.54, 1.807) is 6.20 Å². The van der Waals surface area contributed by atoms with Gasteiger partial charge in [-0.15, -0.1) is 0 Å². The maximum Gasteiger partial charge on any atom is 0.338 e. The summed E-state index contributed by atoms with van der Waals surface area (Å²) in [6, 6.07) is 1.86. The van der Waals surface area contributed by atoms with Gasteiger partial charge in [-0.1, -0.05) is 0 Å². The number of aryl methyl sites for hydroxylation is 2. The average molecular weight is 291 g/mol. The molecule has 1 amide bonds. The number of nitrogens with one attached hydrogen (secondary N) is 1. The summed E-state index contributed by atoms with van der Waals surface area (Å²) in [5, 5.41) is 19.6. The molecule has 0 radical (unpaired) electrons. The maximum atomic E-state index is 11.8. The number of carboxylic acids is 1. The molecule has 2 aromatic heterocycles. The molecule has 21 heavy (non-hydrogen) atoms. The summed E-state index contributed by atoms with van der Waals surface area (Å²) >= 11 is 0. The van der Waals surface area contributed by atoms with Crippen LogP contribution in [0.15, 0.2) is 24.7 Å². The summed E-state index contributed by atoms with van der Waals surface area (Å²) in [4.78, 5) is 22.5. The molecule has 2 N–H and O–H groups in total. The summed E-state index contributed by atoms with van der Waals surface area (Å²) in [7, 11) is 0. The Morgan fingerprint density at radius 3 is 2.86 bits per heavy atom. The molecule has 2 rings (SSSR count). The van der Waals surface area contributed by atoms with Crippen LogP contribution in [0.2, 0.25) is 0 Å². The van der Waals surface area contributed by atoms with Crippen molar-refractivity contribution >= 4 is 11.9 Å². The summed E-state index contributed by atoms with van der Waals surface area (Å²) in [5.74, 6) is -1.15. The van der Waals surface area contributed by atoms with Gasteiger partial charge < -0.3 is 10.4 Å². The quantitative estimate of drug-likeness (QED) is 0.773. The molecule has 0 aliphatic heterocycles. The van der Waals surface area contributed by atoms with Crippen molar-refractivity contribution in [1.29, 1.82) is 0 Å². The van der Waals surface area contributed by atoms with E-state index in [0.717, 1.165) is 12.2 Å². The van der Waals surface area contributed by atoms with Gasteiger partial charge in [0, 0.05) is 31.9 Å². The third-order valence-corrected chi connectivity index (χ3v) is 3.02. The van der Waals surface area contributed by atoms with E-state index in [9.17, 15) is 9.59 Å². The molecular formula is C13H17N5O3. The number of aromatic carboxylic acids is 1. The number of carbonyl (C=O) groups is 2. The summed E-state index contributed by atoms with van der Waals surface area (Å²) in [6.45, 7) is 3.50. The minimum Gasteiger partial charge on any atom is -0.478 e. The van der Waals surface area contributed by atoms with Crippen molar-refractivity contribution in [3.8, 4) is 0 Å². The Labute approximate surface area is 121 Å². The van der Waals surface area contributed by atoms with Crippen molar-refractivity contribution in [2.75, 3.05) is 0 Å². The summed E-state index contributed by atoms with van der Waals surface area (Å²) < 4.78 is 3.26. The number of aromatic nitrogens is 4. The lowest BCUT2D eigenvalue weighted by Crippen LogP contribution is -2.25. The zero-order valence-corrected chi connectivity index (χ0v) is 11.7. The average Bonchev–Trinajstić information content (AvgIpc) is 3.11. The Bertz CT molecular complexity index is 631. The fourth-order valence-corrected chi connectivity index (χ4v) is 1.88. The van der Waals surface area contributed by atoms with Gasteiger partial charge in [0.15, 0.2) is 0 Å². The Kier molecular flexibility index (Phi) is 4.70. The predicted molar refractivity (Wildman–Crippen MR) is 73.6 cm³/mol. The van der Waals surface area contributed by atoms with Crippen molar-refractivity contribution in [1.82, 2.24) is 24.9 Å². The van der Waals surface area contributed by atoms with Crippen molar-refractivity contribution < 1.29 is 14.7 Å². The number of hydrogen-bond donors (Lipinski definition) is 2. The first kappa shape index (κ1) is 14.8. The second kappa shape index (κ2) is 6.69. The van der Waals surface area contributed by atoms with Crippen LogP contribution in [0, 0.1) is 0 Å². The van der Waals surface area contributed by atoms with E-state index in [2.05, 4.69) is 15.5 Å². The Hall–Kier alpha value is -2.64. The molecule has 0 aromatic carbocycles. The van der Waals surface area contributed by atoms with Gasteiger partial charge in [0.25, 0.3) is 0 Å². The molecule has 112 valence electrons. The van der Waals surface area contributed by atoms with E-state index in [4.69, 9.17) is 5.11 Å². The van der Waals surface area contributed by atoms with Crippen molar-refractivity contribution in [3.63, 3.8) is 0 Å². The zero-order chi connectivity index (χ0) is 15.2. The lowest BCUT2D eigenvalue weighted by molar-refractivity contribution is -0.121. The van der Waals surface area contributed by atoms with Crippen LogP contribution in [-0.4, -0.2) is 36.5 Å². The monoisotopic (exact) mass is 291 g/mol. The fraction of sp³-hybridized carbons (Fsp3) is 0.385. The fourth-order valence-electron chi connectivity index (χ4n) is 1.88. The molecule has 2 heterocycles. The smallest absolute Gasteiger partial charge is 0.338 e. The highest BCUT2D eigenvalue weighted by Crippen LogP contribution is 2.00. The second-order valence-corrected chi connectivity index (χ2v) is 4.46. The first-order valence-corrected chi connectivity index (χ1v) is 6.63. The van der Waals surface area contributed by atoms with E-state index >= 15 is 0 Å². The lowest BCUT2D eigenvalue weighted by atomic mass is 10.3. The molecule has 0 spiro atoms. The molecule has 8 nitrogen and oxygen atoms in total. The van der Waals surface area contributed by atoms with Gasteiger partial charge in [-0.25, -0.2) is 4.79 Å². The number of carboxylic acid groups (broad SMARTS) is 1. The van der Waals surface area contributed by atoms with Gasteiger partial charge in [-0.2, -0.15) is 10.2 Å². The van der Waals surface area contributed by atoms with Gasteiger partial charge in [0.05, 0.1) is 24.0 Å². The molecule has 2 aromatic rings. The molecule has 0 aliphatic rings. The molecule has 0 saturated carbocycles. The molecule has 0 bridgehead atoms. The minimum absolute atomic E-state index is 0.113. The first-order chi connectivity index (χ1) is 10.1. The van der Waals surface area contributed by atoms with Crippen LogP contribution in [0.4, 0.5) is 0 Å². The van der Waals surface area contributed by atoms with Crippen molar-refractivity contribution in [2.45, 2.75) is 33.0 Å². The number of amides is 1. The van der Waals surface area contributed by atoms with Crippen LogP contribution in [0.3, 0.4) is 0 Å². The molecule has 0 atom stereocenters. The van der Waals surface area contributed by atoms with Gasteiger partial charge in [-0.3, -0.25) is 14.2 Å². The third kappa shape index (κ3) is 3.91. The van der Waals surface area contributed by atoms with E-state index < -0.39 is 5.97 Å². The molecule has 0 unspecified atom stereocenters. The summed E-state index contributed by atoms with van der Waals surface area (Å²) in [6.07, 6.45) is 4.60. The highest BCUT2D eigenvalue weighted by molar-refractivity contribution is 5.86. The minimum atomic E-state index is -1.03. The van der Waals surface area contributed by atoms with Crippen LogP contribution in [0.25, 0.3) is 0 Å². The SMILES string of the molecule is CCn1nccc1CNC(=O)CCn1cc(C(=O)O)cn1. The van der Waals surface area contributed by atoms with Crippen molar-refractivity contribution in [2.24, 2.45) is 0 Å². The number of rotatable bonds is 7. The van der Waals surface area contributed by atoms with Gasteiger partial charge in [0.1, 0.15) is 0 Å². The number of carbonyl (C=O) groups excluding carboxylic acids is 1. The number of hydrogen-bond acceptors (Lipinski definition) is 4. The van der Waals surface area contributed by atoms with Crippen LogP contribution < -0.4 is 5.32 Å². The van der Waals surface area contributed by atoms with Gasteiger partial charge in [0.2, 0.25) is 5.91 Å². The maximum absolute atomic E-state index is 11.8. The normalized spacial score (nSPS) is 10.5. The molecule has 8 heteroatoms. The predicted octanol–water partition coefficient (Wildman–Crippen LogP) is 0.504. The van der Waals surface area contributed by atoms with E-state index in [1.807, 2.05) is 17.7 Å². The first-order valence-electron chi connectivity index (χ1n) is 6.63. The lowest BCUT2D eigenvalue weighted by Gasteiger charge is -2.07. The van der Waals surface area contributed by atoms with E-state index in [1.165, 1.54) is 17.1 Å². The Morgan fingerprint density at radius 1 is 1.38 bits per heavy atom. The Balaban J connectivity index is 1.78.